The van der Waals surface area contributed by atoms with E-state index in [4.69, 9.17) is 4.98 Å². The fraction of sp³-hybridized carbons (Fsp3) is 0.500. The zero-order valence-electron chi connectivity index (χ0n) is 12.3. The van der Waals surface area contributed by atoms with Gasteiger partial charge in [-0.1, -0.05) is 20.8 Å². The van der Waals surface area contributed by atoms with E-state index in [1.165, 1.54) is 12.8 Å². The zero-order valence-corrected chi connectivity index (χ0v) is 12.3. The third-order valence-corrected chi connectivity index (χ3v) is 3.66. The van der Waals surface area contributed by atoms with Gasteiger partial charge in [0.15, 0.2) is 5.82 Å². The summed E-state index contributed by atoms with van der Waals surface area (Å²) < 4.78 is 1.82. The highest BCUT2D eigenvalue weighted by molar-refractivity contribution is 5.33. The lowest BCUT2D eigenvalue weighted by molar-refractivity contribution is 0.281. The van der Waals surface area contributed by atoms with E-state index in [0.717, 1.165) is 22.8 Å². The van der Waals surface area contributed by atoms with Crippen LogP contribution in [0, 0.1) is 0 Å². The van der Waals surface area contributed by atoms with Crippen LogP contribution in [0.3, 0.4) is 0 Å². The fourth-order valence-electron chi connectivity index (χ4n) is 2.23. The first-order valence-corrected chi connectivity index (χ1v) is 7.15. The SMILES string of the molecule is CC(C)(C)c1cc(CO)cc(-n2ccc(C3CC3)n2)n1. The second-order valence-electron chi connectivity index (χ2n) is 6.59. The maximum Gasteiger partial charge on any atom is 0.153 e. The highest BCUT2D eigenvalue weighted by Crippen LogP contribution is 2.39. The Morgan fingerprint density at radius 1 is 1.30 bits per heavy atom. The third kappa shape index (κ3) is 2.61. The van der Waals surface area contributed by atoms with Crippen molar-refractivity contribution >= 4 is 0 Å². The Hall–Kier alpha value is -1.68. The van der Waals surface area contributed by atoms with Crippen LogP contribution in [0.2, 0.25) is 0 Å². The largest absolute Gasteiger partial charge is 0.392 e. The number of rotatable bonds is 3. The molecule has 1 saturated carbocycles. The van der Waals surface area contributed by atoms with E-state index in [9.17, 15) is 5.11 Å². The molecule has 1 aliphatic carbocycles. The van der Waals surface area contributed by atoms with Gasteiger partial charge in [0.25, 0.3) is 0 Å². The molecule has 0 aliphatic heterocycles. The summed E-state index contributed by atoms with van der Waals surface area (Å²) in [6, 6.07) is 5.94. The molecule has 20 heavy (non-hydrogen) atoms. The number of nitrogens with zero attached hydrogens (tertiary/aromatic N) is 3. The molecular weight excluding hydrogens is 250 g/mol. The monoisotopic (exact) mass is 271 g/mol. The maximum absolute atomic E-state index is 9.45. The number of hydrogen-bond donors (Lipinski definition) is 1. The smallest absolute Gasteiger partial charge is 0.153 e. The van der Waals surface area contributed by atoms with Gasteiger partial charge in [0.1, 0.15) is 0 Å². The Balaban J connectivity index is 2.02. The third-order valence-electron chi connectivity index (χ3n) is 3.66. The van der Waals surface area contributed by atoms with Crippen LogP contribution in [0.25, 0.3) is 5.82 Å². The summed E-state index contributed by atoms with van der Waals surface area (Å²) in [5, 5.41) is 14.1. The summed E-state index contributed by atoms with van der Waals surface area (Å²) in [7, 11) is 0. The first-order chi connectivity index (χ1) is 9.47. The number of hydrogen-bond acceptors (Lipinski definition) is 3. The average molecular weight is 271 g/mol. The van der Waals surface area contributed by atoms with Crippen molar-refractivity contribution in [3.8, 4) is 5.82 Å². The Kier molecular flexibility index (Phi) is 3.13. The predicted molar refractivity (Wildman–Crippen MR) is 78.0 cm³/mol. The molecule has 0 spiro atoms. The molecular formula is C16H21N3O. The van der Waals surface area contributed by atoms with E-state index in [-0.39, 0.29) is 12.0 Å². The topological polar surface area (TPSA) is 50.9 Å². The molecule has 0 bridgehead atoms. The molecule has 0 atom stereocenters. The van der Waals surface area contributed by atoms with Crippen molar-refractivity contribution in [2.75, 3.05) is 0 Å². The fourth-order valence-corrected chi connectivity index (χ4v) is 2.23. The molecule has 4 heteroatoms. The van der Waals surface area contributed by atoms with Crippen LogP contribution in [-0.2, 0) is 12.0 Å². The maximum atomic E-state index is 9.45. The second-order valence-corrected chi connectivity index (χ2v) is 6.59. The van der Waals surface area contributed by atoms with Crippen molar-refractivity contribution in [3.63, 3.8) is 0 Å². The molecule has 2 aromatic heterocycles. The molecule has 106 valence electrons. The van der Waals surface area contributed by atoms with E-state index in [2.05, 4.69) is 31.9 Å². The molecule has 4 nitrogen and oxygen atoms in total. The van der Waals surface area contributed by atoms with Gasteiger partial charge < -0.3 is 5.11 Å². The van der Waals surface area contributed by atoms with E-state index >= 15 is 0 Å². The van der Waals surface area contributed by atoms with Gasteiger partial charge in [-0.3, -0.25) is 0 Å². The molecule has 0 aromatic carbocycles. The van der Waals surface area contributed by atoms with Crippen LogP contribution < -0.4 is 0 Å². The van der Waals surface area contributed by atoms with Crippen LogP contribution in [-0.4, -0.2) is 19.9 Å². The second kappa shape index (κ2) is 4.70. The summed E-state index contributed by atoms with van der Waals surface area (Å²) >= 11 is 0. The first-order valence-electron chi connectivity index (χ1n) is 7.15. The summed E-state index contributed by atoms with van der Waals surface area (Å²) in [5.74, 6) is 1.42. The summed E-state index contributed by atoms with van der Waals surface area (Å²) in [5.41, 5.74) is 2.95. The molecule has 2 aromatic rings. The van der Waals surface area contributed by atoms with Crippen molar-refractivity contribution in [1.29, 1.82) is 0 Å². The van der Waals surface area contributed by atoms with Gasteiger partial charge in [-0.25, -0.2) is 9.67 Å². The quantitative estimate of drug-likeness (QED) is 0.933. The molecule has 1 N–H and O–H groups in total. The van der Waals surface area contributed by atoms with Crippen molar-refractivity contribution in [2.45, 2.75) is 51.6 Å². The Morgan fingerprint density at radius 2 is 2.05 bits per heavy atom. The highest BCUT2D eigenvalue weighted by Gasteiger charge is 2.26. The van der Waals surface area contributed by atoms with Crippen molar-refractivity contribution in [2.24, 2.45) is 0 Å². The highest BCUT2D eigenvalue weighted by atomic mass is 16.3. The van der Waals surface area contributed by atoms with Gasteiger partial charge in [0.2, 0.25) is 0 Å². The Labute approximate surface area is 119 Å². The van der Waals surface area contributed by atoms with E-state index in [1.807, 2.05) is 23.0 Å². The van der Waals surface area contributed by atoms with E-state index in [1.54, 1.807) is 0 Å². The number of aliphatic hydroxyl groups excluding tert-OH is 1. The van der Waals surface area contributed by atoms with Gasteiger partial charge in [0, 0.05) is 23.2 Å². The van der Waals surface area contributed by atoms with Crippen LogP contribution in [0.1, 0.15) is 56.5 Å². The molecule has 2 heterocycles. The van der Waals surface area contributed by atoms with Gasteiger partial charge in [-0.05, 0) is 36.6 Å². The minimum Gasteiger partial charge on any atom is -0.392 e. The number of aromatic nitrogens is 3. The molecule has 0 amide bonds. The van der Waals surface area contributed by atoms with Crippen LogP contribution in [0.4, 0.5) is 0 Å². The van der Waals surface area contributed by atoms with Crippen molar-refractivity contribution < 1.29 is 5.11 Å². The van der Waals surface area contributed by atoms with Gasteiger partial charge in [-0.15, -0.1) is 0 Å². The lowest BCUT2D eigenvalue weighted by atomic mass is 9.91. The average Bonchev–Trinajstić information content (AvgIpc) is 3.15. The van der Waals surface area contributed by atoms with Gasteiger partial charge in [0.05, 0.1) is 12.3 Å². The summed E-state index contributed by atoms with van der Waals surface area (Å²) in [6.07, 6.45) is 4.45. The van der Waals surface area contributed by atoms with Gasteiger partial charge in [-0.2, -0.15) is 5.10 Å². The lowest BCUT2D eigenvalue weighted by Crippen LogP contribution is -2.16. The number of pyridine rings is 1. The van der Waals surface area contributed by atoms with Gasteiger partial charge >= 0.3 is 0 Å². The first kappa shape index (κ1) is 13.3. The van der Waals surface area contributed by atoms with E-state index < -0.39 is 0 Å². The molecule has 0 unspecified atom stereocenters. The van der Waals surface area contributed by atoms with Crippen LogP contribution in [0.5, 0.6) is 0 Å². The minimum atomic E-state index is -0.0492. The Morgan fingerprint density at radius 3 is 2.65 bits per heavy atom. The normalized spacial score (nSPS) is 15.6. The molecule has 0 radical (unpaired) electrons. The minimum absolute atomic E-state index is 0.0232. The molecule has 3 rings (SSSR count). The van der Waals surface area contributed by atoms with E-state index in [0.29, 0.717) is 5.92 Å². The summed E-state index contributed by atoms with van der Waals surface area (Å²) in [6.45, 7) is 6.40. The zero-order chi connectivity index (χ0) is 14.3. The molecule has 0 saturated heterocycles. The summed E-state index contributed by atoms with van der Waals surface area (Å²) in [4.78, 5) is 4.71. The standard InChI is InChI=1S/C16H21N3O/c1-16(2,3)14-8-11(10-20)9-15(17-14)19-7-6-13(18-19)12-4-5-12/h6-9,12,20H,4-5,10H2,1-3H3. The van der Waals surface area contributed by atoms with Crippen LogP contribution >= 0.6 is 0 Å². The Bertz CT molecular complexity index is 621. The number of aliphatic hydroxyl groups is 1. The van der Waals surface area contributed by atoms with Crippen molar-refractivity contribution in [1.82, 2.24) is 14.8 Å². The lowest BCUT2D eigenvalue weighted by Gasteiger charge is -2.19. The predicted octanol–water partition coefficient (Wildman–Crippen LogP) is 2.93. The molecule has 1 aliphatic rings. The van der Waals surface area contributed by atoms with Crippen LogP contribution in [0.15, 0.2) is 24.4 Å². The molecule has 1 fully saturated rings. The van der Waals surface area contributed by atoms with Crippen molar-refractivity contribution in [3.05, 3.63) is 41.3 Å².